The minimum Gasteiger partial charge on any atom is -0.347 e. The van der Waals surface area contributed by atoms with Crippen LogP contribution in [0.4, 0.5) is 0 Å². The summed E-state index contributed by atoms with van der Waals surface area (Å²) in [7, 11) is 3.35. The Morgan fingerprint density at radius 1 is 1.40 bits per heavy atom. The van der Waals surface area contributed by atoms with Gasteiger partial charge in [-0.1, -0.05) is 31.9 Å². The average Bonchev–Trinajstić information content (AvgIpc) is 2.43. The Kier molecular flexibility index (Phi) is 5.95. The molecule has 1 N–H and O–H groups in total. The molecule has 5 nitrogen and oxygen atoms in total. The van der Waals surface area contributed by atoms with Crippen LogP contribution in [-0.4, -0.2) is 41.8 Å². The zero-order chi connectivity index (χ0) is 15.3. The number of carbonyl (C=O) groups excluding carboxylic acids is 2. The minimum absolute atomic E-state index is 0.0501. The van der Waals surface area contributed by atoms with E-state index >= 15 is 0 Å². The van der Waals surface area contributed by atoms with Crippen molar-refractivity contribution < 1.29 is 9.59 Å². The number of likely N-dealkylation sites (N-methyl/N-ethyl adjacent to an activating group) is 1. The van der Waals surface area contributed by atoms with E-state index in [-0.39, 0.29) is 17.7 Å². The first-order valence-corrected chi connectivity index (χ1v) is 6.88. The average molecular weight is 298 g/mol. The Hall–Kier alpha value is -1.62. The van der Waals surface area contributed by atoms with Crippen molar-refractivity contribution in [3.05, 3.63) is 29.0 Å². The van der Waals surface area contributed by atoms with E-state index in [9.17, 15) is 9.59 Å². The van der Waals surface area contributed by atoms with E-state index < -0.39 is 6.04 Å². The summed E-state index contributed by atoms with van der Waals surface area (Å²) in [4.78, 5) is 29.6. The van der Waals surface area contributed by atoms with Crippen LogP contribution in [0.3, 0.4) is 0 Å². The second-order valence-electron chi connectivity index (χ2n) is 4.94. The van der Waals surface area contributed by atoms with E-state index in [0.29, 0.717) is 10.7 Å². The molecule has 2 amide bonds. The lowest BCUT2D eigenvalue weighted by molar-refractivity contribution is -0.131. The fourth-order valence-corrected chi connectivity index (χ4v) is 1.81. The summed E-state index contributed by atoms with van der Waals surface area (Å²) in [5, 5.41) is 3.09. The highest BCUT2D eigenvalue weighted by molar-refractivity contribution is 6.29. The molecule has 0 bridgehead atoms. The monoisotopic (exact) mass is 297 g/mol. The molecule has 6 heteroatoms. The molecule has 1 heterocycles. The SMILES string of the molecule is CC[C@H](C)[C@H](NC(=O)c1ccc(Cl)nc1)C(=O)N(C)C. The van der Waals surface area contributed by atoms with Crippen LogP contribution in [0.2, 0.25) is 5.15 Å². The topological polar surface area (TPSA) is 62.3 Å². The molecule has 0 saturated heterocycles. The van der Waals surface area contributed by atoms with Crippen LogP contribution < -0.4 is 5.32 Å². The van der Waals surface area contributed by atoms with E-state index in [0.717, 1.165) is 6.42 Å². The van der Waals surface area contributed by atoms with Gasteiger partial charge in [-0.15, -0.1) is 0 Å². The fraction of sp³-hybridized carbons (Fsp3) is 0.500. The summed E-state index contributed by atoms with van der Waals surface area (Å²) in [6.45, 7) is 3.92. The Bertz CT molecular complexity index is 474. The zero-order valence-corrected chi connectivity index (χ0v) is 12.9. The number of halogens is 1. The maximum Gasteiger partial charge on any atom is 0.253 e. The molecular weight excluding hydrogens is 278 g/mol. The van der Waals surface area contributed by atoms with Gasteiger partial charge in [0.1, 0.15) is 11.2 Å². The molecule has 0 unspecified atom stereocenters. The molecule has 0 aliphatic carbocycles. The van der Waals surface area contributed by atoms with Crippen molar-refractivity contribution in [2.75, 3.05) is 14.1 Å². The lowest BCUT2D eigenvalue weighted by atomic mass is 9.97. The van der Waals surface area contributed by atoms with Crippen molar-refractivity contribution >= 4 is 23.4 Å². The Morgan fingerprint density at radius 3 is 2.50 bits per heavy atom. The zero-order valence-electron chi connectivity index (χ0n) is 12.2. The molecule has 0 aromatic carbocycles. The highest BCUT2D eigenvalue weighted by Crippen LogP contribution is 2.12. The molecule has 0 aliphatic heterocycles. The summed E-state index contributed by atoms with van der Waals surface area (Å²) in [6, 6.07) is 2.58. The molecule has 0 saturated carbocycles. The predicted molar refractivity (Wildman–Crippen MR) is 78.7 cm³/mol. The van der Waals surface area contributed by atoms with Crippen LogP contribution in [-0.2, 0) is 4.79 Å². The summed E-state index contributed by atoms with van der Waals surface area (Å²) in [6.07, 6.45) is 2.19. The van der Waals surface area contributed by atoms with Crippen LogP contribution in [0.25, 0.3) is 0 Å². The smallest absolute Gasteiger partial charge is 0.253 e. The number of rotatable bonds is 5. The van der Waals surface area contributed by atoms with Crippen LogP contribution in [0.1, 0.15) is 30.6 Å². The molecule has 2 atom stereocenters. The lowest BCUT2D eigenvalue weighted by Crippen LogP contribution is -2.49. The standard InChI is InChI=1S/C14H20ClN3O2/c1-5-9(2)12(14(20)18(3)4)17-13(19)10-6-7-11(15)16-8-10/h6-9,12H,5H2,1-4H3,(H,17,19)/t9-,12-/m0/s1. The van der Waals surface area contributed by atoms with Gasteiger partial charge < -0.3 is 10.2 Å². The number of nitrogens with zero attached hydrogens (tertiary/aromatic N) is 2. The third-order valence-electron chi connectivity index (χ3n) is 3.20. The highest BCUT2D eigenvalue weighted by Gasteiger charge is 2.27. The van der Waals surface area contributed by atoms with Crippen LogP contribution >= 0.6 is 11.6 Å². The van der Waals surface area contributed by atoms with Gasteiger partial charge in [0, 0.05) is 20.3 Å². The molecule has 0 radical (unpaired) electrons. The van der Waals surface area contributed by atoms with E-state index in [1.807, 2.05) is 13.8 Å². The molecule has 0 aliphatic rings. The second kappa shape index (κ2) is 7.24. The molecule has 1 aromatic heterocycles. The summed E-state index contributed by atoms with van der Waals surface area (Å²) in [5.41, 5.74) is 0.384. The minimum atomic E-state index is -0.543. The number of nitrogens with one attached hydrogen (secondary N) is 1. The van der Waals surface area contributed by atoms with Gasteiger partial charge in [0.05, 0.1) is 5.56 Å². The van der Waals surface area contributed by atoms with Crippen molar-refractivity contribution in [3.8, 4) is 0 Å². The predicted octanol–water partition coefficient (Wildman–Crippen LogP) is 1.97. The van der Waals surface area contributed by atoms with Crippen LogP contribution in [0.5, 0.6) is 0 Å². The maximum absolute atomic E-state index is 12.1. The summed E-state index contributed by atoms with van der Waals surface area (Å²) < 4.78 is 0. The lowest BCUT2D eigenvalue weighted by Gasteiger charge is -2.26. The quantitative estimate of drug-likeness (QED) is 0.845. The number of carbonyl (C=O) groups is 2. The van der Waals surface area contributed by atoms with Crippen LogP contribution in [0.15, 0.2) is 18.3 Å². The number of hydrogen-bond acceptors (Lipinski definition) is 3. The normalized spacial score (nSPS) is 13.4. The van der Waals surface area contributed by atoms with Gasteiger partial charge in [-0.3, -0.25) is 9.59 Å². The molecular formula is C14H20ClN3O2. The molecule has 20 heavy (non-hydrogen) atoms. The Labute approximate surface area is 124 Å². The molecule has 1 aromatic rings. The highest BCUT2D eigenvalue weighted by atomic mass is 35.5. The Morgan fingerprint density at radius 2 is 2.05 bits per heavy atom. The third-order valence-corrected chi connectivity index (χ3v) is 3.42. The number of aromatic nitrogens is 1. The molecule has 1 rings (SSSR count). The van der Waals surface area contributed by atoms with E-state index in [1.54, 1.807) is 26.2 Å². The van der Waals surface area contributed by atoms with E-state index in [4.69, 9.17) is 11.6 Å². The first-order chi connectivity index (χ1) is 9.36. The van der Waals surface area contributed by atoms with Gasteiger partial charge in [-0.2, -0.15) is 0 Å². The maximum atomic E-state index is 12.1. The summed E-state index contributed by atoms with van der Waals surface area (Å²) >= 11 is 5.68. The number of amides is 2. The summed E-state index contributed by atoms with van der Waals surface area (Å²) in [5.74, 6) is -0.390. The third kappa shape index (κ3) is 4.20. The molecule has 110 valence electrons. The fourth-order valence-electron chi connectivity index (χ4n) is 1.70. The van der Waals surface area contributed by atoms with Gasteiger partial charge in [-0.25, -0.2) is 4.98 Å². The van der Waals surface area contributed by atoms with Gasteiger partial charge in [0.25, 0.3) is 5.91 Å². The number of pyridine rings is 1. The first-order valence-electron chi connectivity index (χ1n) is 6.50. The van der Waals surface area contributed by atoms with Crippen LogP contribution in [0, 0.1) is 5.92 Å². The van der Waals surface area contributed by atoms with Crippen molar-refractivity contribution in [3.63, 3.8) is 0 Å². The van der Waals surface area contributed by atoms with Gasteiger partial charge in [0.15, 0.2) is 0 Å². The van der Waals surface area contributed by atoms with Gasteiger partial charge >= 0.3 is 0 Å². The van der Waals surface area contributed by atoms with E-state index in [1.165, 1.54) is 11.1 Å². The van der Waals surface area contributed by atoms with E-state index in [2.05, 4.69) is 10.3 Å². The van der Waals surface area contributed by atoms with Crippen molar-refractivity contribution in [1.82, 2.24) is 15.2 Å². The first kappa shape index (κ1) is 16.4. The largest absolute Gasteiger partial charge is 0.347 e. The van der Waals surface area contributed by atoms with Crippen molar-refractivity contribution in [1.29, 1.82) is 0 Å². The van der Waals surface area contributed by atoms with Gasteiger partial charge in [-0.05, 0) is 18.1 Å². The Balaban J connectivity index is 2.86. The molecule has 0 spiro atoms. The number of hydrogen-bond donors (Lipinski definition) is 1. The van der Waals surface area contributed by atoms with Crippen molar-refractivity contribution in [2.45, 2.75) is 26.3 Å². The van der Waals surface area contributed by atoms with Crippen molar-refractivity contribution in [2.24, 2.45) is 5.92 Å². The molecule has 0 fully saturated rings. The second-order valence-corrected chi connectivity index (χ2v) is 5.33. The van der Waals surface area contributed by atoms with Gasteiger partial charge in [0.2, 0.25) is 5.91 Å².